The molecule has 2 aromatic heterocycles. The molecule has 0 fully saturated rings. The van der Waals surface area contributed by atoms with Crippen LogP contribution in [-0.4, -0.2) is 32.2 Å². The summed E-state index contributed by atoms with van der Waals surface area (Å²) >= 11 is 0. The van der Waals surface area contributed by atoms with Gasteiger partial charge in [-0.25, -0.2) is 9.78 Å². The minimum Gasteiger partial charge on any atom is -0.480 e. The molecule has 0 saturated carbocycles. The number of aliphatic carboxylic acids is 1. The number of carboxylic acids is 1. The number of aromatic nitrogens is 3. The van der Waals surface area contributed by atoms with E-state index < -0.39 is 5.97 Å². The van der Waals surface area contributed by atoms with Gasteiger partial charge in [0.15, 0.2) is 0 Å². The van der Waals surface area contributed by atoms with E-state index in [1.807, 2.05) is 24.5 Å². The Morgan fingerprint density at radius 3 is 3.00 bits per heavy atom. The summed E-state index contributed by atoms with van der Waals surface area (Å²) in [4.78, 5) is 18.9. The van der Waals surface area contributed by atoms with Crippen molar-refractivity contribution in [2.75, 3.05) is 6.61 Å². The molecule has 0 unspecified atom stereocenters. The monoisotopic (exact) mass is 249 g/mol. The van der Waals surface area contributed by atoms with E-state index in [1.165, 1.54) is 0 Å². The van der Waals surface area contributed by atoms with Crippen molar-refractivity contribution in [1.82, 2.24) is 14.5 Å². The Kier molecular flexibility index (Phi) is 3.57. The van der Waals surface area contributed by atoms with Crippen molar-refractivity contribution in [3.8, 4) is 0 Å². The lowest BCUT2D eigenvalue weighted by Crippen LogP contribution is -2.11. The van der Waals surface area contributed by atoms with Crippen molar-refractivity contribution in [2.24, 2.45) is 0 Å². The molecule has 0 saturated heterocycles. The molecule has 2 aromatic rings. The smallest absolute Gasteiger partial charge is 0.329 e. The summed E-state index contributed by atoms with van der Waals surface area (Å²) in [7, 11) is 0. The zero-order valence-corrected chi connectivity index (χ0v) is 10.3. The summed E-state index contributed by atoms with van der Waals surface area (Å²) in [6.07, 6.45) is 3.40. The fourth-order valence-corrected chi connectivity index (χ4v) is 1.91. The second kappa shape index (κ2) is 5.14. The zero-order chi connectivity index (χ0) is 13.1. The summed E-state index contributed by atoms with van der Waals surface area (Å²) in [6.45, 7) is 3.95. The van der Waals surface area contributed by atoms with Crippen LogP contribution in [-0.2, 0) is 16.1 Å². The van der Waals surface area contributed by atoms with Crippen molar-refractivity contribution < 1.29 is 14.6 Å². The van der Waals surface area contributed by atoms with Crippen LogP contribution in [0.1, 0.15) is 25.7 Å². The van der Waals surface area contributed by atoms with Gasteiger partial charge in [0.05, 0.1) is 11.7 Å². The van der Waals surface area contributed by atoms with E-state index in [4.69, 9.17) is 9.84 Å². The van der Waals surface area contributed by atoms with Crippen LogP contribution in [0, 0.1) is 0 Å². The molecule has 0 atom stereocenters. The Bertz CT molecular complexity index is 563. The molecule has 1 N–H and O–H groups in total. The maximum atomic E-state index is 10.4. The lowest BCUT2D eigenvalue weighted by molar-refractivity contribution is -0.142. The lowest BCUT2D eigenvalue weighted by atomic mass is 10.3. The van der Waals surface area contributed by atoms with Crippen LogP contribution in [0.4, 0.5) is 0 Å². The van der Waals surface area contributed by atoms with Gasteiger partial charge in [-0.3, -0.25) is 4.98 Å². The summed E-state index contributed by atoms with van der Waals surface area (Å²) in [5.74, 6) is -0.266. The largest absolute Gasteiger partial charge is 0.480 e. The molecule has 6 heteroatoms. The average molecular weight is 249 g/mol. The molecule has 0 amide bonds. The number of imidazole rings is 1. The van der Waals surface area contributed by atoms with Crippen LogP contribution >= 0.6 is 0 Å². The maximum Gasteiger partial charge on any atom is 0.329 e. The third kappa shape index (κ3) is 2.48. The van der Waals surface area contributed by atoms with Gasteiger partial charge >= 0.3 is 5.97 Å². The van der Waals surface area contributed by atoms with Gasteiger partial charge in [0, 0.05) is 12.2 Å². The van der Waals surface area contributed by atoms with Gasteiger partial charge in [-0.15, -0.1) is 0 Å². The Morgan fingerprint density at radius 2 is 2.33 bits per heavy atom. The number of ether oxygens (including phenoxy) is 1. The average Bonchev–Trinajstić information content (AvgIpc) is 2.66. The van der Waals surface area contributed by atoms with Gasteiger partial charge < -0.3 is 14.4 Å². The van der Waals surface area contributed by atoms with Gasteiger partial charge in [-0.05, 0) is 19.9 Å². The molecule has 6 nitrogen and oxygen atoms in total. The van der Waals surface area contributed by atoms with E-state index in [9.17, 15) is 4.79 Å². The fourth-order valence-electron chi connectivity index (χ4n) is 1.91. The number of carbonyl (C=O) groups is 1. The molecule has 0 aliphatic heterocycles. The first kappa shape index (κ1) is 12.5. The zero-order valence-electron chi connectivity index (χ0n) is 10.3. The number of pyridine rings is 1. The minimum absolute atomic E-state index is 0.180. The highest BCUT2D eigenvalue weighted by atomic mass is 16.5. The van der Waals surface area contributed by atoms with Crippen molar-refractivity contribution in [3.63, 3.8) is 0 Å². The Balaban J connectivity index is 2.31. The molecule has 2 rings (SSSR count). The highest BCUT2D eigenvalue weighted by molar-refractivity contribution is 5.74. The van der Waals surface area contributed by atoms with Crippen LogP contribution in [0.25, 0.3) is 11.0 Å². The molecule has 96 valence electrons. The van der Waals surface area contributed by atoms with E-state index in [2.05, 4.69) is 9.97 Å². The van der Waals surface area contributed by atoms with Crippen molar-refractivity contribution >= 4 is 17.0 Å². The molecule has 0 spiro atoms. The number of carboxylic acid groups (broad SMARTS) is 1. The van der Waals surface area contributed by atoms with Crippen LogP contribution in [0.3, 0.4) is 0 Å². The molecular formula is C12H15N3O3. The van der Waals surface area contributed by atoms with Gasteiger partial charge in [0.2, 0.25) is 0 Å². The quantitative estimate of drug-likeness (QED) is 0.871. The molecule has 0 bridgehead atoms. The lowest BCUT2D eigenvalue weighted by Gasteiger charge is -2.12. The molecule has 0 aliphatic carbocycles. The van der Waals surface area contributed by atoms with E-state index in [0.717, 1.165) is 11.0 Å². The first-order valence-corrected chi connectivity index (χ1v) is 5.70. The first-order chi connectivity index (χ1) is 8.59. The predicted octanol–water partition coefficient (Wildman–Crippen LogP) is 1.61. The fraction of sp³-hybridized carbons (Fsp3) is 0.417. The third-order valence-corrected chi connectivity index (χ3v) is 2.54. The summed E-state index contributed by atoms with van der Waals surface area (Å²) in [5.41, 5.74) is 1.77. The first-order valence-electron chi connectivity index (χ1n) is 5.70. The van der Waals surface area contributed by atoms with E-state index >= 15 is 0 Å². The molecular weight excluding hydrogens is 234 g/mol. The van der Waals surface area contributed by atoms with E-state index in [0.29, 0.717) is 5.82 Å². The van der Waals surface area contributed by atoms with Crippen molar-refractivity contribution in [1.29, 1.82) is 0 Å². The van der Waals surface area contributed by atoms with Crippen molar-refractivity contribution in [3.05, 3.63) is 24.3 Å². The van der Waals surface area contributed by atoms with Gasteiger partial charge in [0.25, 0.3) is 0 Å². The molecule has 2 heterocycles. The minimum atomic E-state index is -0.983. The maximum absolute atomic E-state index is 10.4. The summed E-state index contributed by atoms with van der Waals surface area (Å²) in [6, 6.07) is 2.11. The SMILES string of the molecule is CC(C)n1c(COCC(=O)O)nc2cnccc21. The normalized spacial score (nSPS) is 11.3. The number of hydrogen-bond acceptors (Lipinski definition) is 4. The topological polar surface area (TPSA) is 77.2 Å². The third-order valence-electron chi connectivity index (χ3n) is 2.54. The second-order valence-electron chi connectivity index (χ2n) is 4.24. The summed E-state index contributed by atoms with van der Waals surface area (Å²) < 4.78 is 7.12. The molecule has 0 radical (unpaired) electrons. The second-order valence-corrected chi connectivity index (χ2v) is 4.24. The van der Waals surface area contributed by atoms with E-state index in [1.54, 1.807) is 12.4 Å². The standard InChI is InChI=1S/C12H15N3O3/c1-8(2)15-10-3-4-13-5-9(10)14-11(15)6-18-7-12(16)17/h3-5,8H,6-7H2,1-2H3,(H,16,17). The predicted molar refractivity (Wildman–Crippen MR) is 65.2 cm³/mol. The Hall–Kier alpha value is -1.95. The number of fused-ring (bicyclic) bond motifs is 1. The highest BCUT2D eigenvalue weighted by Gasteiger charge is 2.13. The molecule has 0 aliphatic rings. The van der Waals surface area contributed by atoms with E-state index in [-0.39, 0.29) is 19.3 Å². The number of hydrogen-bond donors (Lipinski definition) is 1. The van der Waals surface area contributed by atoms with Crippen LogP contribution in [0.2, 0.25) is 0 Å². The highest BCUT2D eigenvalue weighted by Crippen LogP contribution is 2.20. The molecule has 0 aromatic carbocycles. The summed E-state index contributed by atoms with van der Waals surface area (Å²) in [5, 5.41) is 8.55. The van der Waals surface area contributed by atoms with Gasteiger partial charge in [-0.1, -0.05) is 0 Å². The molecule has 18 heavy (non-hydrogen) atoms. The Morgan fingerprint density at radius 1 is 1.56 bits per heavy atom. The number of rotatable bonds is 5. The Labute approximate surface area is 104 Å². The van der Waals surface area contributed by atoms with Crippen LogP contribution in [0.5, 0.6) is 0 Å². The van der Waals surface area contributed by atoms with Gasteiger partial charge in [-0.2, -0.15) is 0 Å². The van der Waals surface area contributed by atoms with Crippen molar-refractivity contribution in [2.45, 2.75) is 26.5 Å². The van der Waals surface area contributed by atoms with Crippen LogP contribution < -0.4 is 0 Å². The van der Waals surface area contributed by atoms with Crippen LogP contribution in [0.15, 0.2) is 18.5 Å². The number of nitrogens with zero attached hydrogens (tertiary/aromatic N) is 3. The van der Waals surface area contributed by atoms with Gasteiger partial charge in [0.1, 0.15) is 24.6 Å².